The van der Waals surface area contributed by atoms with Crippen LogP contribution in [0.25, 0.3) is 0 Å². The van der Waals surface area contributed by atoms with Crippen molar-refractivity contribution in [1.29, 1.82) is 0 Å². The van der Waals surface area contributed by atoms with Gasteiger partial charge in [0.2, 0.25) is 23.1 Å². The van der Waals surface area contributed by atoms with Crippen LogP contribution in [0.2, 0.25) is 5.02 Å². The minimum Gasteiger partial charge on any atom is -0.496 e. The van der Waals surface area contributed by atoms with Crippen LogP contribution in [-0.4, -0.2) is 49.9 Å². The number of rotatable bonds is 6. The molecule has 2 N–H and O–H groups in total. The van der Waals surface area contributed by atoms with E-state index >= 15 is 0 Å². The van der Waals surface area contributed by atoms with Crippen LogP contribution in [0.1, 0.15) is 37.6 Å². The fourth-order valence-electron chi connectivity index (χ4n) is 3.82. The van der Waals surface area contributed by atoms with Crippen molar-refractivity contribution in [3.8, 4) is 17.2 Å². The van der Waals surface area contributed by atoms with Gasteiger partial charge in [-0.05, 0) is 20.3 Å². The number of amides is 1. The maximum Gasteiger partial charge on any atom is 0.239 e. The molecule has 0 saturated carbocycles. The minimum atomic E-state index is -1.73. The van der Waals surface area contributed by atoms with E-state index < -0.39 is 23.1 Å². The molecule has 0 unspecified atom stereocenters. The molecular weight excluding hydrogens is 412 g/mol. The normalized spacial score (nSPS) is 22.5. The Kier molecular flexibility index (Phi) is 5.99. The van der Waals surface area contributed by atoms with Crippen molar-refractivity contribution in [2.75, 3.05) is 20.8 Å². The lowest BCUT2D eigenvalue weighted by Crippen LogP contribution is -2.55. The molecule has 1 amide bonds. The Bertz CT molecular complexity index is 942. The second-order valence-electron chi connectivity index (χ2n) is 7.68. The Balaban J connectivity index is 1.91. The summed E-state index contributed by atoms with van der Waals surface area (Å²) in [6, 6.07) is 1.51. The zero-order chi connectivity index (χ0) is 22.2. The highest BCUT2D eigenvalue weighted by Crippen LogP contribution is 2.52. The van der Waals surface area contributed by atoms with Crippen LogP contribution in [0.15, 0.2) is 17.8 Å². The van der Waals surface area contributed by atoms with Gasteiger partial charge in [0.15, 0.2) is 5.75 Å². The van der Waals surface area contributed by atoms with Crippen molar-refractivity contribution >= 4 is 29.1 Å². The lowest BCUT2D eigenvalue weighted by atomic mass is 9.74. The first-order valence-electron chi connectivity index (χ1n) is 9.62. The molecule has 1 spiro atoms. The molecule has 0 radical (unpaired) electrons. The highest BCUT2D eigenvalue weighted by Gasteiger charge is 2.60. The molecule has 9 heteroatoms. The number of methoxy groups -OCH3 is 2. The number of fused-ring (bicyclic) bond motifs is 1. The van der Waals surface area contributed by atoms with Gasteiger partial charge in [-0.15, -0.1) is 0 Å². The largest absolute Gasteiger partial charge is 0.496 e. The fourth-order valence-corrected chi connectivity index (χ4v) is 4.08. The summed E-state index contributed by atoms with van der Waals surface area (Å²) in [5.41, 5.74) is -1.03. The first-order chi connectivity index (χ1) is 14.1. The average molecular weight is 437 g/mol. The number of allylic oxidation sites excluding steroid dienone is 1. The van der Waals surface area contributed by atoms with E-state index in [2.05, 4.69) is 10.6 Å². The summed E-state index contributed by atoms with van der Waals surface area (Å²) in [4.78, 5) is 38.4. The van der Waals surface area contributed by atoms with E-state index in [0.29, 0.717) is 12.1 Å². The molecule has 30 heavy (non-hydrogen) atoms. The maximum atomic E-state index is 13.4. The molecule has 162 valence electrons. The standard InChI is InChI=1S/C21H25ClN2O6/c1-10(2)24-16(26)9-23-12-6-11(3)21(15(25)7-12)20(27)17-13(28-4)8-14(29-5)18(22)19(17)30-21/h7-8,10-11,23H,6,9H2,1-5H3,(H,24,26)/t11-,21+/m1/s1. The maximum absolute atomic E-state index is 13.4. The van der Waals surface area contributed by atoms with Gasteiger partial charge in [0, 0.05) is 29.8 Å². The van der Waals surface area contributed by atoms with Gasteiger partial charge in [0.25, 0.3) is 0 Å². The quantitative estimate of drug-likeness (QED) is 0.659. The number of carbonyl (C=O) groups excluding carboxylic acids is 3. The Morgan fingerprint density at radius 2 is 1.97 bits per heavy atom. The van der Waals surface area contributed by atoms with E-state index in [9.17, 15) is 14.4 Å². The third-order valence-electron chi connectivity index (χ3n) is 5.24. The molecule has 3 rings (SSSR count). The van der Waals surface area contributed by atoms with Crippen molar-refractivity contribution < 1.29 is 28.6 Å². The van der Waals surface area contributed by atoms with Crippen LogP contribution in [0, 0.1) is 5.92 Å². The number of ketones is 2. The summed E-state index contributed by atoms with van der Waals surface area (Å²) in [5.74, 6) is -1.10. The highest BCUT2D eigenvalue weighted by atomic mass is 35.5. The van der Waals surface area contributed by atoms with Crippen LogP contribution in [0.5, 0.6) is 17.2 Å². The number of hydrogen-bond acceptors (Lipinski definition) is 7. The summed E-state index contributed by atoms with van der Waals surface area (Å²) < 4.78 is 16.5. The molecular formula is C21H25ClN2O6. The first-order valence-corrected chi connectivity index (χ1v) is 10.00. The SMILES string of the molecule is COc1cc(OC)c2c(c1Cl)O[C@@]1(C(=O)C=C(NCC(=O)NC(C)C)C[C@H]1C)C2=O. The molecule has 0 aromatic heterocycles. The molecule has 0 fully saturated rings. The smallest absolute Gasteiger partial charge is 0.239 e. The number of hydrogen-bond donors (Lipinski definition) is 2. The fraction of sp³-hybridized carbons (Fsp3) is 0.476. The number of benzene rings is 1. The Labute approximate surface area is 179 Å². The molecule has 2 aliphatic rings. The number of halogens is 1. The topological polar surface area (TPSA) is 103 Å². The predicted molar refractivity (Wildman–Crippen MR) is 110 cm³/mol. The number of carbonyl (C=O) groups is 3. The van der Waals surface area contributed by atoms with Gasteiger partial charge < -0.3 is 24.8 Å². The van der Waals surface area contributed by atoms with Crippen molar-refractivity contribution in [3.05, 3.63) is 28.4 Å². The number of ether oxygens (including phenoxy) is 3. The van der Waals surface area contributed by atoms with Gasteiger partial charge in [0.1, 0.15) is 22.1 Å². The van der Waals surface area contributed by atoms with Gasteiger partial charge in [-0.25, -0.2) is 0 Å². The van der Waals surface area contributed by atoms with Crippen LogP contribution in [0.4, 0.5) is 0 Å². The minimum absolute atomic E-state index is 0.0168. The second kappa shape index (κ2) is 8.18. The van der Waals surface area contributed by atoms with E-state index in [4.69, 9.17) is 25.8 Å². The monoisotopic (exact) mass is 436 g/mol. The van der Waals surface area contributed by atoms with Gasteiger partial charge >= 0.3 is 0 Å². The molecule has 1 heterocycles. The first kappa shape index (κ1) is 22.0. The molecule has 0 bridgehead atoms. The van der Waals surface area contributed by atoms with Crippen LogP contribution >= 0.6 is 11.6 Å². The highest BCUT2D eigenvalue weighted by molar-refractivity contribution is 6.36. The van der Waals surface area contributed by atoms with E-state index in [-0.39, 0.29) is 46.3 Å². The Morgan fingerprint density at radius 1 is 1.30 bits per heavy atom. The van der Waals surface area contributed by atoms with Crippen molar-refractivity contribution in [1.82, 2.24) is 10.6 Å². The van der Waals surface area contributed by atoms with Gasteiger partial charge in [0.05, 0.1) is 20.8 Å². The van der Waals surface area contributed by atoms with Crippen LogP contribution in [0.3, 0.4) is 0 Å². The number of nitrogens with one attached hydrogen (secondary N) is 2. The van der Waals surface area contributed by atoms with Gasteiger partial charge in [-0.3, -0.25) is 14.4 Å². The molecule has 2 atom stereocenters. The summed E-state index contributed by atoms with van der Waals surface area (Å²) in [6.45, 7) is 5.51. The Hall–Kier alpha value is -2.74. The molecule has 1 aliphatic heterocycles. The lowest BCUT2D eigenvalue weighted by molar-refractivity contribution is -0.129. The van der Waals surface area contributed by atoms with Gasteiger partial charge in [-0.2, -0.15) is 0 Å². The lowest BCUT2D eigenvalue weighted by Gasteiger charge is -2.35. The van der Waals surface area contributed by atoms with Gasteiger partial charge in [-0.1, -0.05) is 18.5 Å². The zero-order valence-electron chi connectivity index (χ0n) is 17.6. The third-order valence-corrected chi connectivity index (χ3v) is 5.59. The Morgan fingerprint density at radius 3 is 2.53 bits per heavy atom. The van der Waals surface area contributed by atoms with Crippen molar-refractivity contribution in [2.24, 2.45) is 5.92 Å². The van der Waals surface area contributed by atoms with Crippen LogP contribution < -0.4 is 24.8 Å². The predicted octanol–water partition coefficient (Wildman–Crippen LogP) is 2.28. The van der Waals surface area contributed by atoms with Crippen molar-refractivity contribution in [2.45, 2.75) is 38.8 Å². The van der Waals surface area contributed by atoms with E-state index in [1.54, 1.807) is 6.92 Å². The van der Waals surface area contributed by atoms with E-state index in [1.807, 2.05) is 13.8 Å². The molecule has 0 saturated heterocycles. The molecule has 1 aliphatic carbocycles. The zero-order valence-corrected chi connectivity index (χ0v) is 18.3. The van der Waals surface area contributed by atoms with Crippen LogP contribution in [-0.2, 0) is 9.59 Å². The number of Topliss-reactive ketones (excluding diaryl/α,β-unsaturated/α-hetero) is 1. The van der Waals surface area contributed by atoms with E-state index in [1.165, 1.54) is 26.4 Å². The van der Waals surface area contributed by atoms with E-state index in [0.717, 1.165) is 0 Å². The summed E-state index contributed by atoms with van der Waals surface area (Å²) in [6.07, 6.45) is 1.67. The molecule has 1 aromatic rings. The summed E-state index contributed by atoms with van der Waals surface area (Å²) in [5, 5.41) is 5.85. The third kappa shape index (κ3) is 3.49. The molecule has 8 nitrogen and oxygen atoms in total. The summed E-state index contributed by atoms with van der Waals surface area (Å²) >= 11 is 6.36. The molecule has 1 aromatic carbocycles. The second-order valence-corrected chi connectivity index (χ2v) is 8.06. The van der Waals surface area contributed by atoms with Crippen molar-refractivity contribution in [3.63, 3.8) is 0 Å². The average Bonchev–Trinajstić information content (AvgIpc) is 3.00. The summed E-state index contributed by atoms with van der Waals surface area (Å²) in [7, 11) is 2.85.